The van der Waals surface area contributed by atoms with Crippen LogP contribution in [-0.4, -0.2) is 69.5 Å². The van der Waals surface area contributed by atoms with Crippen LogP contribution >= 0.6 is 0 Å². The lowest BCUT2D eigenvalue weighted by Gasteiger charge is -2.36. The number of nitrogens with zero attached hydrogens (tertiary/aromatic N) is 5. The minimum Gasteiger partial charge on any atom is -0.487 e. The minimum atomic E-state index is -0.284. The topological polar surface area (TPSA) is 92.1 Å². The number of piperazine rings is 1. The SMILES string of the molecule is CCC(=O)CN1CCN(c2cc3c(cc2NC(=O)c2cnn4cccnc24)CC(C)(C)O3)CC1. The third-order valence-corrected chi connectivity index (χ3v) is 6.46. The maximum absolute atomic E-state index is 13.3. The van der Waals surface area contributed by atoms with Gasteiger partial charge in [-0.25, -0.2) is 9.50 Å². The van der Waals surface area contributed by atoms with Crippen LogP contribution in [0.1, 0.15) is 43.1 Å². The molecule has 0 atom stereocenters. The van der Waals surface area contributed by atoms with Gasteiger partial charge in [-0.15, -0.1) is 0 Å². The normalized spacial score (nSPS) is 17.4. The van der Waals surface area contributed by atoms with Gasteiger partial charge in [0.2, 0.25) is 0 Å². The smallest absolute Gasteiger partial charge is 0.261 e. The van der Waals surface area contributed by atoms with Gasteiger partial charge in [0.1, 0.15) is 22.7 Å². The molecule has 2 aliphatic rings. The van der Waals surface area contributed by atoms with Gasteiger partial charge in [0.05, 0.1) is 24.1 Å². The molecule has 1 N–H and O–H groups in total. The summed E-state index contributed by atoms with van der Waals surface area (Å²) in [7, 11) is 0. The third kappa shape index (κ3) is 4.35. The zero-order valence-electron chi connectivity index (χ0n) is 19.9. The Morgan fingerprint density at radius 2 is 1.97 bits per heavy atom. The Hall–Kier alpha value is -3.46. The van der Waals surface area contributed by atoms with Crippen LogP contribution in [0.2, 0.25) is 0 Å². The van der Waals surface area contributed by atoms with Gasteiger partial charge in [0.25, 0.3) is 5.91 Å². The summed E-state index contributed by atoms with van der Waals surface area (Å²) in [5, 5.41) is 7.35. The minimum absolute atomic E-state index is 0.250. The molecule has 34 heavy (non-hydrogen) atoms. The van der Waals surface area contributed by atoms with E-state index in [2.05, 4.69) is 39.0 Å². The lowest BCUT2D eigenvalue weighted by atomic mass is 10.0. The lowest BCUT2D eigenvalue weighted by Crippen LogP contribution is -2.48. The number of Topliss-reactive ketones (excluding diaryl/α,β-unsaturated/α-hetero) is 1. The largest absolute Gasteiger partial charge is 0.487 e. The molecule has 3 aromatic rings. The van der Waals surface area contributed by atoms with E-state index in [0.717, 1.165) is 55.3 Å². The van der Waals surface area contributed by atoms with E-state index in [4.69, 9.17) is 4.74 Å². The molecule has 4 heterocycles. The molecule has 5 rings (SSSR count). The molecule has 1 amide bonds. The van der Waals surface area contributed by atoms with Crippen molar-refractivity contribution in [3.8, 4) is 5.75 Å². The molecule has 178 valence electrons. The highest BCUT2D eigenvalue weighted by Crippen LogP contribution is 2.42. The first-order valence-electron chi connectivity index (χ1n) is 11.8. The number of nitrogens with one attached hydrogen (secondary N) is 1. The van der Waals surface area contributed by atoms with Gasteiger partial charge < -0.3 is 15.0 Å². The number of carbonyl (C=O) groups excluding carboxylic acids is 2. The molecule has 9 heteroatoms. The number of ether oxygens (including phenoxy) is 1. The van der Waals surface area contributed by atoms with Crippen molar-refractivity contribution in [2.24, 2.45) is 0 Å². The number of benzene rings is 1. The Kier molecular flexibility index (Phi) is 5.73. The Bertz CT molecular complexity index is 1240. The molecule has 0 spiro atoms. The fraction of sp³-hybridized carbons (Fsp3) is 0.440. The third-order valence-electron chi connectivity index (χ3n) is 6.46. The fourth-order valence-electron chi connectivity index (χ4n) is 4.69. The van der Waals surface area contributed by atoms with E-state index in [1.165, 1.54) is 0 Å². The molecule has 1 aromatic carbocycles. The second kappa shape index (κ2) is 8.72. The molecule has 0 bridgehead atoms. The highest BCUT2D eigenvalue weighted by molar-refractivity contribution is 6.09. The molecule has 0 unspecified atom stereocenters. The van der Waals surface area contributed by atoms with E-state index in [9.17, 15) is 9.59 Å². The van der Waals surface area contributed by atoms with Crippen LogP contribution in [0.4, 0.5) is 11.4 Å². The lowest BCUT2D eigenvalue weighted by molar-refractivity contribution is -0.119. The average molecular weight is 463 g/mol. The van der Waals surface area contributed by atoms with Crippen LogP contribution in [0.15, 0.2) is 36.8 Å². The van der Waals surface area contributed by atoms with Crippen molar-refractivity contribution in [1.82, 2.24) is 19.5 Å². The predicted octanol–water partition coefficient (Wildman–Crippen LogP) is 2.80. The highest BCUT2D eigenvalue weighted by atomic mass is 16.5. The van der Waals surface area contributed by atoms with E-state index in [1.807, 2.05) is 19.1 Å². The summed E-state index contributed by atoms with van der Waals surface area (Å²) in [4.78, 5) is 33.9. The average Bonchev–Trinajstić information content (AvgIpc) is 3.38. The van der Waals surface area contributed by atoms with Crippen LogP contribution in [0, 0.1) is 0 Å². The molecular formula is C25H30N6O3. The standard InChI is InChI=1S/C25H30N6O3/c1-4-18(32)16-29-8-10-30(11-9-29)21-13-22-17(14-25(2,3)34-22)12-20(21)28-24(33)19-15-27-31-7-5-6-26-23(19)31/h5-7,12-13,15H,4,8-11,14,16H2,1-3H3,(H,28,33). The van der Waals surface area contributed by atoms with Crippen molar-refractivity contribution >= 4 is 28.7 Å². The molecule has 0 aliphatic carbocycles. The van der Waals surface area contributed by atoms with Gasteiger partial charge >= 0.3 is 0 Å². The first-order valence-corrected chi connectivity index (χ1v) is 11.8. The summed E-state index contributed by atoms with van der Waals surface area (Å²) in [6.45, 7) is 9.65. The van der Waals surface area contributed by atoms with E-state index >= 15 is 0 Å². The van der Waals surface area contributed by atoms with Crippen molar-refractivity contribution in [2.75, 3.05) is 42.9 Å². The molecule has 1 saturated heterocycles. The van der Waals surface area contributed by atoms with E-state index in [-0.39, 0.29) is 17.3 Å². The molecule has 2 aromatic heterocycles. The van der Waals surface area contributed by atoms with Crippen molar-refractivity contribution in [2.45, 2.75) is 39.2 Å². The summed E-state index contributed by atoms with van der Waals surface area (Å²) in [6.07, 6.45) is 6.29. The van der Waals surface area contributed by atoms with Crippen molar-refractivity contribution in [3.63, 3.8) is 0 Å². The molecular weight excluding hydrogens is 432 g/mol. The summed E-state index contributed by atoms with van der Waals surface area (Å²) < 4.78 is 7.78. The number of rotatable bonds is 6. The molecule has 0 saturated carbocycles. The zero-order valence-corrected chi connectivity index (χ0v) is 19.9. The first-order chi connectivity index (χ1) is 16.3. The van der Waals surface area contributed by atoms with Gasteiger partial charge in [-0.1, -0.05) is 6.92 Å². The number of anilines is 2. The first kappa shape index (κ1) is 22.3. The van der Waals surface area contributed by atoms with Crippen molar-refractivity contribution in [1.29, 1.82) is 0 Å². The Balaban J connectivity index is 1.42. The quantitative estimate of drug-likeness (QED) is 0.602. The summed E-state index contributed by atoms with van der Waals surface area (Å²) in [5.74, 6) is 0.871. The monoisotopic (exact) mass is 462 g/mol. The van der Waals surface area contributed by atoms with Gasteiger partial charge in [0.15, 0.2) is 5.65 Å². The second-order valence-electron chi connectivity index (χ2n) is 9.57. The van der Waals surface area contributed by atoms with Crippen LogP contribution in [0.25, 0.3) is 5.65 Å². The highest BCUT2D eigenvalue weighted by Gasteiger charge is 2.32. The number of hydrogen-bond donors (Lipinski definition) is 1. The summed E-state index contributed by atoms with van der Waals surface area (Å²) in [5.41, 5.74) is 3.41. The van der Waals surface area contributed by atoms with Gasteiger partial charge in [-0.2, -0.15) is 5.10 Å². The Labute approximate surface area is 198 Å². The number of amides is 1. The van der Waals surface area contributed by atoms with Crippen LogP contribution in [-0.2, 0) is 11.2 Å². The van der Waals surface area contributed by atoms with Gasteiger partial charge in [-0.05, 0) is 26.0 Å². The summed E-state index contributed by atoms with van der Waals surface area (Å²) >= 11 is 0. The number of carbonyl (C=O) groups is 2. The number of aromatic nitrogens is 3. The van der Waals surface area contributed by atoms with E-state index in [0.29, 0.717) is 24.2 Å². The van der Waals surface area contributed by atoms with Gasteiger partial charge in [-0.3, -0.25) is 14.5 Å². The molecule has 9 nitrogen and oxygen atoms in total. The molecule has 1 fully saturated rings. The van der Waals surface area contributed by atoms with Crippen LogP contribution in [0.5, 0.6) is 5.75 Å². The van der Waals surface area contributed by atoms with E-state index in [1.54, 1.807) is 29.2 Å². The Morgan fingerprint density at radius 1 is 1.18 bits per heavy atom. The Morgan fingerprint density at radius 3 is 2.74 bits per heavy atom. The maximum Gasteiger partial charge on any atom is 0.261 e. The van der Waals surface area contributed by atoms with E-state index < -0.39 is 0 Å². The van der Waals surface area contributed by atoms with Crippen LogP contribution in [0.3, 0.4) is 0 Å². The molecule has 2 aliphatic heterocycles. The van der Waals surface area contributed by atoms with Crippen LogP contribution < -0.4 is 15.0 Å². The zero-order chi connectivity index (χ0) is 23.9. The predicted molar refractivity (Wildman–Crippen MR) is 130 cm³/mol. The fourth-order valence-corrected chi connectivity index (χ4v) is 4.69. The maximum atomic E-state index is 13.3. The number of ketones is 1. The van der Waals surface area contributed by atoms with Crippen molar-refractivity contribution in [3.05, 3.63) is 47.9 Å². The van der Waals surface area contributed by atoms with Gasteiger partial charge in [0, 0.05) is 63.0 Å². The second-order valence-corrected chi connectivity index (χ2v) is 9.57. The number of fused-ring (bicyclic) bond motifs is 2. The van der Waals surface area contributed by atoms with Crippen molar-refractivity contribution < 1.29 is 14.3 Å². The molecule has 0 radical (unpaired) electrons. The number of hydrogen-bond acceptors (Lipinski definition) is 7. The summed E-state index contributed by atoms with van der Waals surface area (Å²) in [6, 6.07) is 5.85.